The highest BCUT2D eigenvalue weighted by Gasteiger charge is 2.70. The molecule has 1 aromatic rings. The number of aromatic nitrogens is 1. The maximum Gasteiger partial charge on any atom is 0.328 e. The van der Waals surface area contributed by atoms with Crippen LogP contribution < -0.4 is 10.1 Å². The number of rotatable bonds is 10. The molecule has 2 aliphatic rings. The molecule has 2 heterocycles. The smallest absolute Gasteiger partial charge is 0.328 e. The van der Waals surface area contributed by atoms with E-state index < -0.39 is 25.6 Å². The Hall–Kier alpha value is -2.13. The summed E-state index contributed by atoms with van der Waals surface area (Å²) >= 11 is 0. The maximum absolute atomic E-state index is 13.9. The number of carbonyl (C=O) groups excluding carboxylic acids is 2. The van der Waals surface area contributed by atoms with E-state index in [0.29, 0.717) is 30.6 Å². The molecule has 8 nitrogen and oxygen atoms in total. The summed E-state index contributed by atoms with van der Waals surface area (Å²) in [6, 6.07) is 3.56. The van der Waals surface area contributed by atoms with Gasteiger partial charge in [-0.05, 0) is 34.9 Å². The second-order valence-electron chi connectivity index (χ2n) is 12.7. The molecule has 1 N–H and O–H groups in total. The first kappa shape index (κ1) is 27.5. The molecule has 1 saturated heterocycles. The van der Waals surface area contributed by atoms with Gasteiger partial charge in [-0.1, -0.05) is 54.3 Å². The summed E-state index contributed by atoms with van der Waals surface area (Å²) in [6.45, 7) is 18.6. The summed E-state index contributed by atoms with van der Waals surface area (Å²) in [5, 5.41) is 3.38. The molecule has 196 valence electrons. The van der Waals surface area contributed by atoms with Crippen molar-refractivity contribution in [2.45, 2.75) is 72.4 Å². The minimum atomic E-state index is -1.18. The average Bonchev–Trinajstić information content (AvgIpc) is 3.09. The van der Waals surface area contributed by atoms with E-state index in [9.17, 15) is 9.59 Å². The molecule has 0 spiro atoms. The Balaban J connectivity index is 1.74. The fourth-order valence-electron chi connectivity index (χ4n) is 5.02. The van der Waals surface area contributed by atoms with Crippen LogP contribution in [0.1, 0.15) is 34.6 Å². The summed E-state index contributed by atoms with van der Waals surface area (Å²) in [5.41, 5.74) is 0.232. The van der Waals surface area contributed by atoms with Crippen LogP contribution in [-0.4, -0.2) is 69.0 Å². The number of nitrogens with zero attached hydrogens (tertiary/aromatic N) is 2. The molecule has 3 rings (SSSR count). The first-order valence-electron chi connectivity index (χ1n) is 12.5. The van der Waals surface area contributed by atoms with Gasteiger partial charge in [-0.15, -0.1) is 0 Å². The first-order chi connectivity index (χ1) is 16.2. The average molecular weight is 506 g/mol. The molecule has 1 saturated carbocycles. The Labute approximate surface area is 211 Å². The summed E-state index contributed by atoms with van der Waals surface area (Å²) in [4.78, 5) is 32.6. The molecule has 35 heavy (non-hydrogen) atoms. The van der Waals surface area contributed by atoms with Crippen molar-refractivity contribution >= 4 is 25.6 Å². The van der Waals surface area contributed by atoms with Gasteiger partial charge in [0.05, 0.1) is 12.8 Å². The van der Waals surface area contributed by atoms with Crippen LogP contribution in [0.2, 0.25) is 25.7 Å². The first-order valence-corrected chi connectivity index (χ1v) is 16.2. The van der Waals surface area contributed by atoms with E-state index in [1.54, 1.807) is 17.2 Å². The number of anilines is 1. The molecule has 4 atom stereocenters. The quantitative estimate of drug-likeness (QED) is 0.220. The van der Waals surface area contributed by atoms with Crippen LogP contribution in [-0.2, 0) is 19.1 Å². The Morgan fingerprint density at radius 1 is 1.29 bits per heavy atom. The van der Waals surface area contributed by atoms with Gasteiger partial charge in [0.2, 0.25) is 11.8 Å². The number of hydrogen-bond donors (Lipinski definition) is 1. The van der Waals surface area contributed by atoms with E-state index in [-0.39, 0.29) is 30.0 Å². The van der Waals surface area contributed by atoms with E-state index in [1.807, 2.05) is 26.8 Å². The summed E-state index contributed by atoms with van der Waals surface area (Å²) in [7, 11) is 0.210. The highest BCUT2D eigenvalue weighted by Crippen LogP contribution is 2.65. The van der Waals surface area contributed by atoms with Gasteiger partial charge in [-0.2, -0.15) is 0 Å². The van der Waals surface area contributed by atoms with Crippen LogP contribution >= 0.6 is 0 Å². The van der Waals surface area contributed by atoms with E-state index >= 15 is 0 Å². The van der Waals surface area contributed by atoms with Crippen molar-refractivity contribution in [2.24, 2.45) is 22.7 Å². The minimum Gasteiger partial charge on any atom is -0.467 e. The lowest BCUT2D eigenvalue weighted by molar-refractivity contribution is -0.154. The lowest BCUT2D eigenvalue weighted by Gasteiger charge is -2.37. The molecular formula is C26H43N3O5Si. The third kappa shape index (κ3) is 6.17. The number of ether oxygens (including phenoxy) is 3. The fourth-order valence-corrected chi connectivity index (χ4v) is 5.78. The largest absolute Gasteiger partial charge is 0.467 e. The fraction of sp³-hybridized carbons (Fsp3) is 0.731. The van der Waals surface area contributed by atoms with Crippen molar-refractivity contribution in [3.8, 4) is 5.88 Å². The van der Waals surface area contributed by atoms with Gasteiger partial charge in [0.1, 0.15) is 12.1 Å². The number of methoxy groups -OCH3 is 1. The van der Waals surface area contributed by atoms with Gasteiger partial charge in [0.15, 0.2) is 6.79 Å². The lowest BCUT2D eigenvalue weighted by Crippen LogP contribution is -2.54. The number of amides is 1. The Bertz CT molecular complexity index is 924. The number of fused-ring (bicyclic) bond motifs is 1. The van der Waals surface area contributed by atoms with Crippen LogP contribution in [0, 0.1) is 22.7 Å². The molecule has 0 radical (unpaired) electrons. The highest BCUT2D eigenvalue weighted by molar-refractivity contribution is 6.76. The van der Waals surface area contributed by atoms with Crippen LogP contribution in [0.3, 0.4) is 0 Å². The number of hydrogen-bond acceptors (Lipinski definition) is 7. The van der Waals surface area contributed by atoms with Gasteiger partial charge < -0.3 is 24.4 Å². The van der Waals surface area contributed by atoms with Crippen molar-refractivity contribution in [3.05, 3.63) is 18.3 Å². The zero-order chi connectivity index (χ0) is 26.2. The molecule has 2 fully saturated rings. The minimum absolute atomic E-state index is 0.0418. The van der Waals surface area contributed by atoms with Crippen molar-refractivity contribution < 1.29 is 23.8 Å². The monoisotopic (exact) mass is 505 g/mol. The van der Waals surface area contributed by atoms with E-state index in [0.717, 1.165) is 6.04 Å². The number of likely N-dealkylation sites (tertiary alicyclic amines) is 1. The van der Waals surface area contributed by atoms with Crippen LogP contribution in [0.25, 0.3) is 0 Å². The van der Waals surface area contributed by atoms with E-state index in [2.05, 4.69) is 43.8 Å². The lowest BCUT2D eigenvalue weighted by atomic mass is 9.85. The second-order valence-corrected chi connectivity index (χ2v) is 18.3. The molecule has 0 bridgehead atoms. The summed E-state index contributed by atoms with van der Waals surface area (Å²) in [5.74, 6) is 0.367. The molecule has 1 amide bonds. The molecule has 0 unspecified atom stereocenters. The van der Waals surface area contributed by atoms with Gasteiger partial charge in [-0.3, -0.25) is 4.79 Å². The van der Waals surface area contributed by atoms with Crippen molar-refractivity contribution in [1.82, 2.24) is 9.88 Å². The molecular weight excluding hydrogens is 462 g/mol. The van der Waals surface area contributed by atoms with Gasteiger partial charge in [0.25, 0.3) is 0 Å². The zero-order valence-electron chi connectivity index (χ0n) is 22.8. The number of nitrogens with one attached hydrogen (secondary N) is 1. The van der Waals surface area contributed by atoms with E-state index in [1.165, 1.54) is 7.11 Å². The summed E-state index contributed by atoms with van der Waals surface area (Å²) < 4.78 is 16.6. The standard InChI is InChI=1S/C26H43N3O5Si/c1-25(2,3)21(23(30)29-15-17-19(26(17,4)5)20(29)24(31)32-6)28-18-11-10-12-27-22(18)34-16-33-13-14-35(7,8)9/h10-12,17,19-21,28H,13-16H2,1-9H3/t17-,19-,20-,21+/m0/s1. The van der Waals surface area contributed by atoms with Gasteiger partial charge in [0, 0.05) is 33.3 Å². The number of piperidine rings is 1. The zero-order valence-corrected chi connectivity index (χ0v) is 23.8. The second kappa shape index (κ2) is 10.1. The maximum atomic E-state index is 13.9. The van der Waals surface area contributed by atoms with Crippen molar-refractivity contribution in [1.29, 1.82) is 0 Å². The third-order valence-corrected chi connectivity index (χ3v) is 9.10. The van der Waals surface area contributed by atoms with Gasteiger partial charge in [-0.25, -0.2) is 9.78 Å². The molecule has 0 aromatic carbocycles. The van der Waals surface area contributed by atoms with Gasteiger partial charge >= 0.3 is 5.97 Å². The molecule has 1 aliphatic heterocycles. The normalized spacial score (nSPS) is 23.9. The van der Waals surface area contributed by atoms with Crippen LogP contribution in [0.15, 0.2) is 18.3 Å². The van der Waals surface area contributed by atoms with Crippen molar-refractivity contribution in [2.75, 3.05) is 32.4 Å². The van der Waals surface area contributed by atoms with Crippen molar-refractivity contribution in [3.63, 3.8) is 0 Å². The molecule has 1 aliphatic carbocycles. The topological polar surface area (TPSA) is 90.0 Å². The molecule has 9 heteroatoms. The summed E-state index contributed by atoms with van der Waals surface area (Å²) in [6.07, 6.45) is 1.65. The molecule has 1 aromatic heterocycles. The number of esters is 1. The van der Waals surface area contributed by atoms with E-state index in [4.69, 9.17) is 14.2 Å². The highest BCUT2D eigenvalue weighted by atomic mass is 28.3. The Kier molecular flexibility index (Phi) is 7.91. The predicted octanol–water partition coefficient (Wildman–Crippen LogP) is 4.26. The number of pyridine rings is 1. The Morgan fingerprint density at radius 3 is 2.57 bits per heavy atom. The van der Waals surface area contributed by atoms with Crippen LogP contribution in [0.5, 0.6) is 5.88 Å². The number of carbonyl (C=O) groups is 2. The Morgan fingerprint density at radius 2 is 1.97 bits per heavy atom. The predicted molar refractivity (Wildman–Crippen MR) is 139 cm³/mol. The SMILES string of the molecule is COC(=O)[C@@H]1[C@@H]2[C@H](CN1C(=O)[C@@H](Nc1cccnc1OCOCC[Si](C)(C)C)C(C)(C)C)C2(C)C. The van der Waals surface area contributed by atoms with Crippen LogP contribution in [0.4, 0.5) is 5.69 Å². The third-order valence-electron chi connectivity index (χ3n) is 7.39.